The summed E-state index contributed by atoms with van der Waals surface area (Å²) in [6.07, 6.45) is 0.116. The van der Waals surface area contributed by atoms with E-state index in [2.05, 4.69) is 30.7 Å². The van der Waals surface area contributed by atoms with Gasteiger partial charge in [0.2, 0.25) is 0 Å². The lowest BCUT2D eigenvalue weighted by molar-refractivity contribution is -0.304. The number of carbonyl (C=O) groups is 1. The largest absolute Gasteiger partial charge is 0.493 e. The summed E-state index contributed by atoms with van der Waals surface area (Å²) >= 11 is 0. The van der Waals surface area contributed by atoms with Gasteiger partial charge < -0.3 is 73.0 Å². The van der Waals surface area contributed by atoms with Crippen molar-refractivity contribution in [3.8, 4) is 5.75 Å². The summed E-state index contributed by atoms with van der Waals surface area (Å²) in [7, 11) is 6.61. The monoisotopic (exact) mass is 1070 g/mol. The Bertz CT molecular complexity index is 2170. The van der Waals surface area contributed by atoms with Gasteiger partial charge in [0.25, 0.3) is 0 Å². The number of carbonyl (C=O) groups excluding carboxylic acids is 1. The number of hydrogen-bond acceptors (Lipinski definition) is 18. The van der Waals surface area contributed by atoms with E-state index in [0.717, 1.165) is 48.3 Å². The number of aliphatic hydroxyl groups is 4. The molecule has 18 heteroatoms. The fourth-order valence-corrected chi connectivity index (χ4v) is 11.7. The second kappa shape index (κ2) is 29.5. The normalized spacial score (nSPS) is 38.4. The molecule has 0 spiro atoms. The van der Waals surface area contributed by atoms with Crippen molar-refractivity contribution in [2.45, 2.75) is 174 Å². The highest BCUT2D eigenvalue weighted by atomic mass is 16.7. The summed E-state index contributed by atoms with van der Waals surface area (Å²) in [6.45, 7) is 19.4. The maximum Gasteiger partial charge on any atom is 0.308 e. The van der Waals surface area contributed by atoms with Crippen molar-refractivity contribution in [1.82, 2.24) is 14.8 Å². The molecule has 3 saturated heterocycles. The minimum absolute atomic E-state index is 0.0509. The van der Waals surface area contributed by atoms with Gasteiger partial charge in [-0.2, -0.15) is 0 Å². The Morgan fingerprint density at radius 2 is 1.57 bits per heavy atom. The van der Waals surface area contributed by atoms with Crippen LogP contribution in [0.15, 0.2) is 65.5 Å². The van der Waals surface area contributed by atoms with E-state index in [9.17, 15) is 25.2 Å². The number of esters is 1. The predicted molar refractivity (Wildman–Crippen MR) is 289 cm³/mol. The van der Waals surface area contributed by atoms with Crippen LogP contribution in [0.1, 0.15) is 93.9 Å². The number of likely N-dealkylation sites (N-methyl/N-ethyl adjacent to an activating group) is 1. The molecule has 3 fully saturated rings. The molecule has 1 aromatic carbocycles. The minimum Gasteiger partial charge on any atom is -0.493 e. The maximum absolute atomic E-state index is 14.2. The highest BCUT2D eigenvalue weighted by Gasteiger charge is 2.48. The van der Waals surface area contributed by atoms with E-state index in [1.54, 1.807) is 39.0 Å². The fraction of sp³-hybridized carbons (Fsp3) is 0.741. The van der Waals surface area contributed by atoms with Crippen molar-refractivity contribution in [3.05, 3.63) is 60.3 Å². The second-order valence-electron chi connectivity index (χ2n) is 22.5. The number of aromatic nitrogens is 1. The first-order valence-electron chi connectivity index (χ1n) is 27.8. The van der Waals surface area contributed by atoms with Gasteiger partial charge in [-0.05, 0) is 115 Å². The molecule has 5 heterocycles. The number of cyclic esters (lactones) is 1. The van der Waals surface area contributed by atoms with Crippen molar-refractivity contribution in [2.75, 3.05) is 67.8 Å². The first-order valence-corrected chi connectivity index (χ1v) is 27.8. The van der Waals surface area contributed by atoms with Gasteiger partial charge >= 0.3 is 5.97 Å². The lowest BCUT2D eigenvalue weighted by Gasteiger charge is -2.47. The zero-order valence-electron chi connectivity index (χ0n) is 47.3. The summed E-state index contributed by atoms with van der Waals surface area (Å²) < 4.78 is 49.6. The molecule has 4 N–H and O–H groups in total. The summed E-state index contributed by atoms with van der Waals surface area (Å²) in [5, 5.41) is 52.0. The third kappa shape index (κ3) is 16.7. The Morgan fingerprint density at radius 3 is 2.26 bits per heavy atom. The van der Waals surface area contributed by atoms with E-state index in [1.807, 2.05) is 69.3 Å². The Morgan fingerprint density at radius 1 is 0.855 bits per heavy atom. The molecule has 0 saturated carbocycles. The fourth-order valence-electron chi connectivity index (χ4n) is 11.7. The second-order valence-corrected chi connectivity index (χ2v) is 22.5. The smallest absolute Gasteiger partial charge is 0.308 e. The lowest BCUT2D eigenvalue weighted by atomic mass is 9.79. The van der Waals surface area contributed by atoms with Crippen molar-refractivity contribution in [3.63, 3.8) is 0 Å². The van der Waals surface area contributed by atoms with Crippen molar-refractivity contribution >= 4 is 22.6 Å². The number of aliphatic hydroxyl groups excluding tert-OH is 4. The van der Waals surface area contributed by atoms with Crippen LogP contribution in [0, 0.1) is 35.5 Å². The minimum atomic E-state index is -1.24. The molecule has 4 aliphatic heterocycles. The summed E-state index contributed by atoms with van der Waals surface area (Å²) in [4.78, 5) is 29.0. The Hall–Kier alpha value is -3.63. The van der Waals surface area contributed by atoms with Gasteiger partial charge in [0.15, 0.2) is 12.6 Å². The van der Waals surface area contributed by atoms with Crippen molar-refractivity contribution < 1.29 is 68.0 Å². The van der Waals surface area contributed by atoms with E-state index >= 15 is 0 Å². The van der Waals surface area contributed by atoms with Crippen LogP contribution in [0.2, 0.25) is 0 Å². The number of oxime groups is 1. The van der Waals surface area contributed by atoms with Crippen LogP contribution >= 0.6 is 0 Å². The molecule has 0 bridgehead atoms. The molecule has 0 aliphatic carbocycles. The van der Waals surface area contributed by atoms with Crippen LogP contribution in [0.25, 0.3) is 10.9 Å². The van der Waals surface area contributed by atoms with E-state index < -0.39 is 97.5 Å². The predicted octanol–water partition coefficient (Wildman–Crippen LogP) is 6.16. The van der Waals surface area contributed by atoms with E-state index in [4.69, 9.17) is 47.9 Å². The van der Waals surface area contributed by atoms with Gasteiger partial charge in [0, 0.05) is 63.1 Å². The van der Waals surface area contributed by atoms with Crippen LogP contribution < -0.4 is 4.74 Å². The van der Waals surface area contributed by atoms with Crippen molar-refractivity contribution in [1.29, 1.82) is 0 Å². The molecule has 0 amide bonds. The molecular formula is C58H92N4O14. The number of hydrogen-bond donors (Lipinski definition) is 4. The quantitative estimate of drug-likeness (QED) is 0.0748. The number of piperidine rings is 1. The standard InChI is InChI=1S/C58H92N4O14/c1-13-48-43(33-71-58-56(69-12)55(68-11)52(66)40(8)74-58)27-34(2)17-19-45(60-72-25-15-24-70-44-18-20-46-41(29-44)16-14-22-59-46)37(5)28-42(21-23-62-31-35(3)26-36(4)32-62)54(38(6)47(63)30-49(64)75-48)76-57-53(67)50(61(9)10)51(65)39(7)73-57/h14,16-20,22,27,29,35-40,42-43,47-48,50-58,63,65-67H,13,15,21,23-26,28,30-33H2,1-12H3/b19-17+,34-27+,60-45-/t35?,36?,37-,38?,39+,40+,42+,43?,47-,48-,50-,51+,52+,53+,54-,55+,56+,57-,58+/m1/s1. The summed E-state index contributed by atoms with van der Waals surface area (Å²) in [6, 6.07) is 9.04. The molecule has 18 nitrogen and oxygen atoms in total. The molecule has 19 atom stereocenters. The number of allylic oxidation sites excluding steroid dienone is 3. The number of methoxy groups -OCH3 is 2. The van der Waals surface area contributed by atoms with Gasteiger partial charge in [0.05, 0.1) is 67.4 Å². The molecule has 1 aromatic heterocycles. The Balaban J connectivity index is 1.34. The molecule has 2 aromatic rings. The lowest BCUT2D eigenvalue weighted by Crippen LogP contribution is -2.63. The molecule has 6 rings (SSSR count). The number of likely N-dealkylation sites (tertiary alicyclic amines) is 1. The molecule has 428 valence electrons. The van der Waals surface area contributed by atoms with Crippen molar-refractivity contribution in [2.24, 2.45) is 40.7 Å². The van der Waals surface area contributed by atoms with Gasteiger partial charge in [-0.1, -0.05) is 63.6 Å². The van der Waals surface area contributed by atoms with Crippen LogP contribution in [-0.2, 0) is 42.8 Å². The zero-order chi connectivity index (χ0) is 55.2. The van der Waals surface area contributed by atoms with E-state index in [0.29, 0.717) is 56.4 Å². The summed E-state index contributed by atoms with van der Waals surface area (Å²) in [5.41, 5.74) is 2.42. The molecule has 4 aliphatic rings. The van der Waals surface area contributed by atoms with Crippen LogP contribution in [0.5, 0.6) is 5.75 Å². The van der Waals surface area contributed by atoms with Crippen LogP contribution in [0.4, 0.5) is 0 Å². The number of pyridine rings is 1. The van der Waals surface area contributed by atoms with Crippen LogP contribution in [-0.4, -0.2) is 194 Å². The van der Waals surface area contributed by atoms with Gasteiger partial charge in [-0.15, -0.1) is 0 Å². The van der Waals surface area contributed by atoms with Gasteiger partial charge in [0.1, 0.15) is 42.9 Å². The third-order valence-electron chi connectivity index (χ3n) is 15.9. The Labute approximate surface area is 452 Å². The maximum atomic E-state index is 14.2. The summed E-state index contributed by atoms with van der Waals surface area (Å²) in [5.74, 6) is -0.407. The Kier molecular flexibility index (Phi) is 23.9. The first-order chi connectivity index (χ1) is 36.3. The van der Waals surface area contributed by atoms with E-state index in [-0.39, 0.29) is 24.9 Å². The SMILES string of the molecule is CC[C@H]1OC(=O)C[C@@H](O)C(C)[C@@H](O[C@H]2O[C@@H](C)[C@H](O)[C@@H](N(C)C)[C@@H]2O)[C@@H](CCN2CC(C)CC(C)C2)C[C@@H](C)C(=N\OCCCOc2ccc3ncccc3c2)/C=C/C(C)=C/C1CO[C@H]1O[C@@H](C)[C@H](O)[C@H](OC)[C@@H]1OC. The first kappa shape index (κ1) is 61.6. The molecule has 76 heavy (non-hydrogen) atoms. The number of rotatable bonds is 18. The molecule has 0 radical (unpaired) electrons. The highest BCUT2D eigenvalue weighted by Crippen LogP contribution is 2.36. The average molecular weight is 1070 g/mol. The third-order valence-corrected chi connectivity index (χ3v) is 15.9. The average Bonchev–Trinajstić information content (AvgIpc) is 3.38. The van der Waals surface area contributed by atoms with E-state index in [1.165, 1.54) is 14.2 Å². The zero-order valence-corrected chi connectivity index (χ0v) is 47.3. The van der Waals surface area contributed by atoms with Gasteiger partial charge in [-0.3, -0.25) is 9.78 Å². The topological polar surface area (TPSA) is 213 Å². The highest BCUT2D eigenvalue weighted by molar-refractivity contribution is 5.96. The molecular weight excluding hydrogens is 977 g/mol. The number of benzene rings is 1. The number of nitrogens with zero attached hydrogens (tertiary/aromatic N) is 4. The number of ether oxygens (including phenoxy) is 8. The van der Waals surface area contributed by atoms with Gasteiger partial charge in [-0.25, -0.2) is 0 Å². The van der Waals surface area contributed by atoms with Crippen LogP contribution in [0.3, 0.4) is 0 Å². The number of fused-ring (bicyclic) bond motifs is 1. The molecule has 4 unspecified atom stereocenters.